The molecule has 0 radical (unpaired) electrons. The molecule has 2 rings (SSSR count). The van der Waals surface area contributed by atoms with Crippen LogP contribution in [-0.2, 0) is 10.0 Å². The van der Waals surface area contributed by atoms with Gasteiger partial charge in [-0.1, -0.05) is 11.8 Å². The molecule has 0 spiro atoms. The number of rotatable bonds is 1. The summed E-state index contributed by atoms with van der Waals surface area (Å²) < 4.78 is 38.1. The second-order valence-corrected chi connectivity index (χ2v) is 5.92. The maximum atomic E-state index is 13.2. The van der Waals surface area contributed by atoms with Crippen molar-refractivity contribution < 1.29 is 12.8 Å². The number of hydrogen-bond donors (Lipinski definition) is 1. The number of nitrogens with zero attached hydrogens (tertiary/aromatic N) is 1. The first kappa shape index (κ1) is 12.9. The SMILES string of the molecule is NCC#Cc1cc(F)ccc1N1CCCS1(=O)=O. The van der Waals surface area contributed by atoms with Crippen LogP contribution in [0.25, 0.3) is 0 Å². The van der Waals surface area contributed by atoms with E-state index in [4.69, 9.17) is 5.73 Å². The minimum atomic E-state index is -3.29. The molecule has 1 aromatic rings. The lowest BCUT2D eigenvalue weighted by Gasteiger charge is -2.18. The summed E-state index contributed by atoms with van der Waals surface area (Å²) in [6.45, 7) is 0.550. The first-order valence-electron chi connectivity index (χ1n) is 5.53. The minimum absolute atomic E-state index is 0.119. The first-order chi connectivity index (χ1) is 8.54. The van der Waals surface area contributed by atoms with Crippen LogP contribution in [0.5, 0.6) is 0 Å². The number of hydrogen-bond acceptors (Lipinski definition) is 3. The van der Waals surface area contributed by atoms with Crippen LogP contribution in [-0.4, -0.2) is 27.3 Å². The number of anilines is 1. The zero-order valence-electron chi connectivity index (χ0n) is 9.69. The van der Waals surface area contributed by atoms with Crippen molar-refractivity contribution in [3.63, 3.8) is 0 Å². The van der Waals surface area contributed by atoms with Crippen LogP contribution < -0.4 is 10.0 Å². The lowest BCUT2D eigenvalue weighted by Crippen LogP contribution is -2.25. The zero-order chi connectivity index (χ0) is 13.2. The fraction of sp³-hybridized carbons (Fsp3) is 0.333. The minimum Gasteiger partial charge on any atom is -0.320 e. The van der Waals surface area contributed by atoms with E-state index in [1.807, 2.05) is 0 Å². The smallest absolute Gasteiger partial charge is 0.235 e. The summed E-state index contributed by atoms with van der Waals surface area (Å²) in [6, 6.07) is 3.90. The Morgan fingerprint density at radius 1 is 1.44 bits per heavy atom. The van der Waals surface area contributed by atoms with E-state index < -0.39 is 15.8 Å². The van der Waals surface area contributed by atoms with Crippen LogP contribution in [0, 0.1) is 17.7 Å². The van der Waals surface area contributed by atoms with E-state index in [1.165, 1.54) is 22.5 Å². The number of halogens is 1. The summed E-state index contributed by atoms with van der Waals surface area (Å²) in [6.07, 6.45) is 0.573. The predicted molar refractivity (Wildman–Crippen MR) is 68.1 cm³/mol. The Hall–Kier alpha value is -1.58. The highest BCUT2D eigenvalue weighted by atomic mass is 32.2. The number of nitrogens with two attached hydrogens (primary N) is 1. The van der Waals surface area contributed by atoms with Gasteiger partial charge in [-0.25, -0.2) is 12.8 Å². The van der Waals surface area contributed by atoms with Gasteiger partial charge in [0.1, 0.15) is 5.82 Å². The van der Waals surface area contributed by atoms with Crippen molar-refractivity contribution >= 4 is 15.7 Å². The van der Waals surface area contributed by atoms with Crippen molar-refractivity contribution in [2.45, 2.75) is 6.42 Å². The third-order valence-corrected chi connectivity index (χ3v) is 4.51. The molecule has 2 N–H and O–H groups in total. The fourth-order valence-corrected chi connectivity index (χ4v) is 3.46. The lowest BCUT2D eigenvalue weighted by molar-refractivity contribution is 0.599. The van der Waals surface area contributed by atoms with Gasteiger partial charge in [-0.15, -0.1) is 0 Å². The molecule has 1 saturated heterocycles. The highest BCUT2D eigenvalue weighted by Gasteiger charge is 2.29. The molecule has 6 heteroatoms. The van der Waals surface area contributed by atoms with E-state index in [2.05, 4.69) is 11.8 Å². The summed E-state index contributed by atoms with van der Waals surface area (Å²) in [4.78, 5) is 0. The summed E-state index contributed by atoms with van der Waals surface area (Å²) in [5.41, 5.74) is 6.05. The largest absolute Gasteiger partial charge is 0.320 e. The summed E-state index contributed by atoms with van der Waals surface area (Å²) in [5.74, 6) is 4.99. The quantitative estimate of drug-likeness (QED) is 0.762. The molecule has 0 amide bonds. The Labute approximate surface area is 106 Å². The van der Waals surface area contributed by atoms with Gasteiger partial charge in [-0.2, -0.15) is 0 Å². The Kier molecular flexibility index (Phi) is 3.55. The molecule has 0 aliphatic carbocycles. The van der Waals surface area contributed by atoms with Crippen LogP contribution in [0.2, 0.25) is 0 Å². The molecule has 0 bridgehead atoms. The number of benzene rings is 1. The molecule has 18 heavy (non-hydrogen) atoms. The molecule has 1 aliphatic heterocycles. The van der Waals surface area contributed by atoms with Crippen molar-refractivity contribution in [1.29, 1.82) is 0 Å². The van der Waals surface area contributed by atoms with Crippen LogP contribution in [0.1, 0.15) is 12.0 Å². The van der Waals surface area contributed by atoms with Gasteiger partial charge < -0.3 is 5.73 Å². The molecule has 1 heterocycles. The van der Waals surface area contributed by atoms with Crippen molar-refractivity contribution in [3.8, 4) is 11.8 Å². The Bertz CT molecular complexity index is 617. The molecule has 0 saturated carbocycles. The Morgan fingerprint density at radius 2 is 2.22 bits per heavy atom. The van der Waals surface area contributed by atoms with E-state index in [-0.39, 0.29) is 12.3 Å². The Morgan fingerprint density at radius 3 is 2.83 bits per heavy atom. The molecular weight excluding hydrogens is 255 g/mol. The standard InChI is InChI=1S/C12H13FN2O2S/c13-11-4-5-12(10(9-11)3-1-6-14)15-7-2-8-18(15,16)17/h4-5,9H,2,6-8,14H2. The molecule has 0 atom stereocenters. The van der Waals surface area contributed by atoms with Crippen molar-refractivity contribution in [1.82, 2.24) is 0 Å². The molecule has 0 unspecified atom stereocenters. The van der Waals surface area contributed by atoms with Gasteiger partial charge in [0.15, 0.2) is 0 Å². The van der Waals surface area contributed by atoms with Crippen LogP contribution >= 0.6 is 0 Å². The van der Waals surface area contributed by atoms with Crippen molar-refractivity contribution in [3.05, 3.63) is 29.6 Å². The van der Waals surface area contributed by atoms with E-state index in [0.29, 0.717) is 24.2 Å². The zero-order valence-corrected chi connectivity index (χ0v) is 10.5. The molecule has 1 aliphatic rings. The molecular formula is C12H13FN2O2S. The van der Waals surface area contributed by atoms with Gasteiger partial charge in [0.25, 0.3) is 0 Å². The first-order valence-corrected chi connectivity index (χ1v) is 7.14. The van der Waals surface area contributed by atoms with Gasteiger partial charge in [-0.05, 0) is 24.6 Å². The average Bonchev–Trinajstić information content (AvgIpc) is 2.66. The van der Waals surface area contributed by atoms with Gasteiger partial charge in [0.05, 0.1) is 23.5 Å². The van der Waals surface area contributed by atoms with E-state index in [1.54, 1.807) is 0 Å². The van der Waals surface area contributed by atoms with E-state index in [0.717, 1.165) is 0 Å². The summed E-state index contributed by atoms with van der Waals surface area (Å²) >= 11 is 0. The predicted octanol–water partition coefficient (Wildman–Crippen LogP) is 0.676. The lowest BCUT2D eigenvalue weighted by atomic mass is 10.1. The van der Waals surface area contributed by atoms with Gasteiger partial charge >= 0.3 is 0 Å². The highest BCUT2D eigenvalue weighted by molar-refractivity contribution is 7.93. The maximum Gasteiger partial charge on any atom is 0.235 e. The highest BCUT2D eigenvalue weighted by Crippen LogP contribution is 2.27. The summed E-state index contributed by atoms with van der Waals surface area (Å²) in [5, 5.41) is 0. The molecule has 1 aromatic carbocycles. The normalized spacial score (nSPS) is 17.3. The topological polar surface area (TPSA) is 63.4 Å². The second-order valence-electron chi connectivity index (χ2n) is 3.91. The van der Waals surface area contributed by atoms with Crippen molar-refractivity contribution in [2.75, 3.05) is 23.1 Å². The van der Waals surface area contributed by atoms with Gasteiger partial charge in [-0.3, -0.25) is 4.31 Å². The fourth-order valence-electron chi connectivity index (χ4n) is 1.88. The average molecular weight is 268 g/mol. The van der Waals surface area contributed by atoms with E-state index >= 15 is 0 Å². The third kappa shape index (κ3) is 2.47. The Balaban J connectivity index is 2.50. The van der Waals surface area contributed by atoms with Gasteiger partial charge in [0.2, 0.25) is 10.0 Å². The molecule has 4 nitrogen and oxygen atoms in total. The second kappa shape index (κ2) is 4.96. The van der Waals surface area contributed by atoms with Crippen molar-refractivity contribution in [2.24, 2.45) is 5.73 Å². The monoisotopic (exact) mass is 268 g/mol. The summed E-state index contributed by atoms with van der Waals surface area (Å²) in [7, 11) is -3.29. The van der Waals surface area contributed by atoms with Crippen LogP contribution in [0.15, 0.2) is 18.2 Å². The van der Waals surface area contributed by atoms with E-state index in [9.17, 15) is 12.8 Å². The molecule has 0 aromatic heterocycles. The third-order valence-electron chi connectivity index (χ3n) is 2.65. The van der Waals surface area contributed by atoms with Crippen LogP contribution in [0.3, 0.4) is 0 Å². The van der Waals surface area contributed by atoms with Gasteiger partial charge in [0, 0.05) is 6.54 Å². The number of sulfonamides is 1. The molecule has 1 fully saturated rings. The molecule has 96 valence electrons. The van der Waals surface area contributed by atoms with Crippen LogP contribution in [0.4, 0.5) is 10.1 Å². The maximum absolute atomic E-state index is 13.2.